The molecule has 4 heteroatoms. The molecule has 1 aliphatic carbocycles. The van der Waals surface area contributed by atoms with E-state index in [0.717, 1.165) is 57.0 Å². The lowest BCUT2D eigenvalue weighted by Crippen LogP contribution is -2.28. The highest BCUT2D eigenvalue weighted by molar-refractivity contribution is 5.95. The number of fused-ring (bicyclic) bond motifs is 5. The van der Waals surface area contributed by atoms with Gasteiger partial charge >= 0.3 is 0 Å². The Labute approximate surface area is 288 Å². The molecule has 0 aromatic heterocycles. The highest BCUT2D eigenvalue weighted by Crippen LogP contribution is 2.57. The van der Waals surface area contributed by atoms with Gasteiger partial charge in [0.05, 0.1) is 5.41 Å². The third-order valence-electron chi connectivity index (χ3n) is 9.57. The fourth-order valence-corrected chi connectivity index (χ4v) is 7.16. The second-order valence-corrected chi connectivity index (χ2v) is 12.1. The van der Waals surface area contributed by atoms with Crippen molar-refractivity contribution >= 4 is 21.5 Å². The van der Waals surface area contributed by atoms with Gasteiger partial charge < -0.3 is 20.4 Å². The highest BCUT2D eigenvalue weighted by Gasteiger charge is 2.46. The lowest BCUT2D eigenvalue weighted by Gasteiger charge is -2.34. The quantitative estimate of drug-likeness (QED) is 0.143. The SMILES string of the molecule is CC.CCc1cccc(CC)c1.Oc1ccc2cc(C3(c4ccc5c(O)c(O)ccc5c4)c4ccccc4-c4ccccc43)ccc2c1O. The second-order valence-electron chi connectivity index (χ2n) is 12.1. The van der Waals surface area contributed by atoms with E-state index >= 15 is 0 Å². The topological polar surface area (TPSA) is 80.9 Å². The molecular formula is C45H42O4. The molecule has 49 heavy (non-hydrogen) atoms. The number of benzene rings is 7. The molecule has 1 aliphatic rings. The van der Waals surface area contributed by atoms with Gasteiger partial charge in [0.2, 0.25) is 0 Å². The van der Waals surface area contributed by atoms with E-state index < -0.39 is 5.41 Å². The fourth-order valence-electron chi connectivity index (χ4n) is 7.16. The van der Waals surface area contributed by atoms with Gasteiger partial charge in [-0.2, -0.15) is 0 Å². The van der Waals surface area contributed by atoms with E-state index in [9.17, 15) is 20.4 Å². The Kier molecular flexibility index (Phi) is 9.33. The smallest absolute Gasteiger partial charge is 0.165 e. The largest absolute Gasteiger partial charge is 0.504 e. The zero-order valence-electron chi connectivity index (χ0n) is 28.4. The third-order valence-corrected chi connectivity index (χ3v) is 9.57. The Bertz CT molecular complexity index is 2130. The summed E-state index contributed by atoms with van der Waals surface area (Å²) in [5, 5.41) is 43.8. The van der Waals surface area contributed by atoms with Crippen molar-refractivity contribution in [1.82, 2.24) is 0 Å². The Balaban J connectivity index is 0.000000298. The van der Waals surface area contributed by atoms with Crippen LogP contribution in [0.3, 0.4) is 0 Å². The van der Waals surface area contributed by atoms with Crippen LogP contribution < -0.4 is 0 Å². The first-order chi connectivity index (χ1) is 23.9. The molecule has 0 aliphatic heterocycles. The van der Waals surface area contributed by atoms with Crippen molar-refractivity contribution in [2.75, 3.05) is 0 Å². The van der Waals surface area contributed by atoms with Crippen molar-refractivity contribution in [3.63, 3.8) is 0 Å². The van der Waals surface area contributed by atoms with Gasteiger partial charge in [-0.15, -0.1) is 0 Å². The van der Waals surface area contributed by atoms with Gasteiger partial charge in [-0.05, 0) is 92.4 Å². The maximum atomic E-state index is 10.5. The maximum absolute atomic E-state index is 10.5. The van der Waals surface area contributed by atoms with Crippen LogP contribution in [0.4, 0.5) is 0 Å². The molecular weight excluding hydrogens is 604 g/mol. The summed E-state index contributed by atoms with van der Waals surface area (Å²) in [6, 6.07) is 44.1. The molecule has 246 valence electrons. The van der Waals surface area contributed by atoms with Crippen LogP contribution in [-0.2, 0) is 18.3 Å². The first kappa shape index (κ1) is 33.2. The molecule has 0 atom stereocenters. The van der Waals surface area contributed by atoms with E-state index in [1.807, 2.05) is 62.4 Å². The number of phenolic OH excluding ortho intramolecular Hbond substituents is 4. The average molecular weight is 647 g/mol. The summed E-state index contributed by atoms with van der Waals surface area (Å²) < 4.78 is 0. The molecule has 7 aromatic rings. The molecule has 0 bridgehead atoms. The number of hydrogen-bond donors (Lipinski definition) is 4. The summed E-state index contributed by atoms with van der Waals surface area (Å²) in [6.07, 6.45) is 2.29. The first-order valence-corrected chi connectivity index (χ1v) is 17.0. The highest BCUT2D eigenvalue weighted by atomic mass is 16.3. The molecule has 4 N–H and O–H groups in total. The first-order valence-electron chi connectivity index (χ1n) is 17.0. The molecule has 0 saturated carbocycles. The fraction of sp³-hybridized carbons (Fsp3) is 0.156. The molecule has 4 nitrogen and oxygen atoms in total. The summed E-state index contributed by atoms with van der Waals surface area (Å²) >= 11 is 0. The summed E-state index contributed by atoms with van der Waals surface area (Å²) in [6.45, 7) is 8.38. The normalized spacial score (nSPS) is 12.3. The second kappa shape index (κ2) is 13.8. The minimum Gasteiger partial charge on any atom is -0.504 e. The lowest BCUT2D eigenvalue weighted by molar-refractivity contribution is 0.408. The zero-order chi connectivity index (χ0) is 34.7. The van der Waals surface area contributed by atoms with Crippen LogP contribution in [0.1, 0.15) is 61.1 Å². The molecule has 0 fully saturated rings. The van der Waals surface area contributed by atoms with Gasteiger partial charge in [0.15, 0.2) is 23.0 Å². The molecule has 0 amide bonds. The maximum Gasteiger partial charge on any atom is 0.165 e. The predicted octanol–water partition coefficient (Wildman–Crippen LogP) is 11.0. The van der Waals surface area contributed by atoms with Crippen LogP contribution in [0.25, 0.3) is 32.7 Å². The monoisotopic (exact) mass is 646 g/mol. The van der Waals surface area contributed by atoms with Crippen LogP contribution in [0, 0.1) is 0 Å². The molecule has 0 unspecified atom stereocenters. The van der Waals surface area contributed by atoms with Gasteiger partial charge in [-0.25, -0.2) is 0 Å². The molecule has 0 radical (unpaired) electrons. The van der Waals surface area contributed by atoms with E-state index in [2.05, 4.69) is 86.6 Å². The standard InChI is InChI=1S/C33H22O4.C10H14.C2H6/c34-29-15-9-19-17-21(11-13-23(19)31(29)36)33(22-12-14-24-20(18-22)10-16-30(35)32(24)37)27-7-3-1-5-25(27)26-6-2-4-8-28(26)33;1-3-9-6-5-7-10(4-2)8-9;1-2/h1-18,34-37H;5-8H,3-4H2,1-2H3;1-2H3. The Morgan fingerprint density at radius 3 is 1.31 bits per heavy atom. The Morgan fingerprint density at radius 1 is 0.449 bits per heavy atom. The average Bonchev–Trinajstić information content (AvgIpc) is 3.46. The van der Waals surface area contributed by atoms with Gasteiger partial charge in [0.1, 0.15) is 0 Å². The van der Waals surface area contributed by atoms with Crippen molar-refractivity contribution in [1.29, 1.82) is 0 Å². The van der Waals surface area contributed by atoms with Crippen LogP contribution >= 0.6 is 0 Å². The number of aryl methyl sites for hydroxylation is 2. The van der Waals surface area contributed by atoms with Crippen LogP contribution in [0.5, 0.6) is 23.0 Å². The van der Waals surface area contributed by atoms with Gasteiger partial charge in [-0.3, -0.25) is 0 Å². The van der Waals surface area contributed by atoms with Crippen LogP contribution in [0.2, 0.25) is 0 Å². The Morgan fingerprint density at radius 2 is 0.878 bits per heavy atom. The lowest BCUT2D eigenvalue weighted by atomic mass is 9.67. The van der Waals surface area contributed by atoms with Crippen molar-refractivity contribution in [3.8, 4) is 34.1 Å². The van der Waals surface area contributed by atoms with Crippen molar-refractivity contribution in [2.24, 2.45) is 0 Å². The number of aromatic hydroxyl groups is 4. The van der Waals surface area contributed by atoms with Gasteiger partial charge in [0.25, 0.3) is 0 Å². The molecule has 0 saturated heterocycles. The minimum absolute atomic E-state index is 0.133. The minimum atomic E-state index is -0.670. The van der Waals surface area contributed by atoms with Gasteiger partial charge in [-0.1, -0.05) is 137 Å². The van der Waals surface area contributed by atoms with Crippen LogP contribution in [-0.4, -0.2) is 20.4 Å². The third kappa shape index (κ3) is 5.63. The summed E-state index contributed by atoms with van der Waals surface area (Å²) in [5.41, 5.74) is 8.84. The molecule has 0 heterocycles. The Hall–Kier alpha value is -5.74. The van der Waals surface area contributed by atoms with Crippen molar-refractivity contribution in [3.05, 3.63) is 167 Å². The van der Waals surface area contributed by atoms with E-state index in [1.54, 1.807) is 0 Å². The van der Waals surface area contributed by atoms with Gasteiger partial charge in [0, 0.05) is 10.8 Å². The zero-order valence-corrected chi connectivity index (χ0v) is 28.4. The van der Waals surface area contributed by atoms with Crippen molar-refractivity contribution in [2.45, 2.75) is 46.0 Å². The van der Waals surface area contributed by atoms with Crippen molar-refractivity contribution < 1.29 is 20.4 Å². The molecule has 8 rings (SSSR count). The predicted molar refractivity (Wildman–Crippen MR) is 202 cm³/mol. The van der Waals surface area contributed by atoms with E-state index in [4.69, 9.17) is 0 Å². The summed E-state index contributed by atoms with van der Waals surface area (Å²) in [5.74, 6) is -0.564. The summed E-state index contributed by atoms with van der Waals surface area (Å²) in [7, 11) is 0. The molecule has 7 aromatic carbocycles. The summed E-state index contributed by atoms with van der Waals surface area (Å²) in [4.78, 5) is 0. The van der Waals surface area contributed by atoms with E-state index in [-0.39, 0.29) is 23.0 Å². The van der Waals surface area contributed by atoms with E-state index in [0.29, 0.717) is 10.8 Å². The molecule has 0 spiro atoms. The number of hydrogen-bond acceptors (Lipinski definition) is 4. The van der Waals surface area contributed by atoms with Crippen LogP contribution in [0.15, 0.2) is 133 Å². The number of rotatable bonds is 4. The van der Waals surface area contributed by atoms with E-state index in [1.165, 1.54) is 23.3 Å². The number of phenols is 4.